The number of rotatable bonds is 4. The fraction of sp³-hybridized carbons (Fsp3) is 0.562. The Morgan fingerprint density at radius 3 is 2.44 bits per heavy atom. The molecule has 0 aliphatic heterocycles. The van der Waals surface area contributed by atoms with Crippen LogP contribution in [0.25, 0.3) is 0 Å². The Balaban J connectivity index is 2.15. The lowest BCUT2D eigenvalue weighted by Gasteiger charge is -2.19. The van der Waals surface area contributed by atoms with E-state index in [9.17, 15) is 4.79 Å². The lowest BCUT2D eigenvalue weighted by molar-refractivity contribution is 0.0946. The highest BCUT2D eigenvalue weighted by Gasteiger charge is 2.18. The smallest absolute Gasteiger partial charge is 0.179 e. The normalized spacial score (nSPS) is 16.4. The molecule has 1 aliphatic rings. The van der Waals surface area contributed by atoms with Crippen LogP contribution in [0, 0.1) is 0 Å². The van der Waals surface area contributed by atoms with Crippen LogP contribution in [0.1, 0.15) is 55.1 Å². The van der Waals surface area contributed by atoms with E-state index < -0.39 is 0 Å². The van der Waals surface area contributed by atoms with Crippen molar-refractivity contribution in [3.63, 3.8) is 0 Å². The van der Waals surface area contributed by atoms with E-state index in [0.717, 1.165) is 12.0 Å². The van der Waals surface area contributed by atoms with Crippen molar-refractivity contribution in [3.8, 4) is 0 Å². The second kappa shape index (κ2) is 5.66. The Bertz CT molecular complexity index is 437. The third-order valence-corrected chi connectivity index (χ3v) is 3.61. The molecule has 0 radical (unpaired) electrons. The fourth-order valence-corrected chi connectivity index (χ4v) is 2.71. The fourth-order valence-electron chi connectivity index (χ4n) is 2.71. The van der Waals surface area contributed by atoms with Crippen molar-refractivity contribution < 1.29 is 4.79 Å². The van der Waals surface area contributed by atoms with Gasteiger partial charge in [0.2, 0.25) is 0 Å². The van der Waals surface area contributed by atoms with Gasteiger partial charge in [0.1, 0.15) is 0 Å². The van der Waals surface area contributed by atoms with Crippen LogP contribution in [0.3, 0.4) is 0 Å². The first-order chi connectivity index (χ1) is 8.58. The molecule has 1 aromatic carbocycles. The molecule has 0 spiro atoms. The Morgan fingerprint density at radius 1 is 1.11 bits per heavy atom. The maximum Gasteiger partial charge on any atom is 0.179 e. The van der Waals surface area contributed by atoms with Gasteiger partial charge >= 0.3 is 0 Å². The Morgan fingerprint density at radius 2 is 1.78 bits per heavy atom. The van der Waals surface area contributed by atoms with Crippen LogP contribution >= 0.6 is 0 Å². The van der Waals surface area contributed by atoms with Crippen LogP contribution in [-0.4, -0.2) is 17.9 Å². The number of aryl methyl sites for hydroxylation is 2. The molecule has 2 heteroatoms. The van der Waals surface area contributed by atoms with E-state index in [1.54, 1.807) is 0 Å². The number of nitrogens with one attached hydrogen (secondary N) is 1. The quantitative estimate of drug-likeness (QED) is 0.826. The van der Waals surface area contributed by atoms with E-state index in [1.807, 2.05) is 13.0 Å². The molecule has 0 fully saturated rings. The van der Waals surface area contributed by atoms with Crippen LogP contribution < -0.4 is 5.32 Å². The van der Waals surface area contributed by atoms with Crippen LogP contribution in [0.15, 0.2) is 18.2 Å². The SMILES string of the molecule is CC(C)N[C@H](C)C(=O)c1ccc2c(c1)CCCC2. The predicted octanol–water partition coefficient (Wildman–Crippen LogP) is 3.13. The molecular weight excluding hydrogens is 222 g/mol. The summed E-state index contributed by atoms with van der Waals surface area (Å²) in [6.07, 6.45) is 4.84. The van der Waals surface area contributed by atoms with E-state index in [4.69, 9.17) is 0 Å². The third kappa shape index (κ3) is 2.99. The van der Waals surface area contributed by atoms with E-state index in [0.29, 0.717) is 6.04 Å². The van der Waals surface area contributed by atoms with Crippen LogP contribution in [0.2, 0.25) is 0 Å². The highest BCUT2D eigenvalue weighted by Crippen LogP contribution is 2.22. The molecule has 98 valence electrons. The Labute approximate surface area is 110 Å². The van der Waals surface area contributed by atoms with Gasteiger partial charge in [0.05, 0.1) is 6.04 Å². The largest absolute Gasteiger partial charge is 0.305 e. The number of benzene rings is 1. The van der Waals surface area contributed by atoms with E-state index in [-0.39, 0.29) is 11.8 Å². The first kappa shape index (κ1) is 13.3. The van der Waals surface area contributed by atoms with Gasteiger partial charge in [0.25, 0.3) is 0 Å². The molecule has 1 aliphatic carbocycles. The van der Waals surface area contributed by atoms with Gasteiger partial charge in [-0.3, -0.25) is 4.79 Å². The van der Waals surface area contributed by atoms with E-state index >= 15 is 0 Å². The molecule has 2 nitrogen and oxygen atoms in total. The highest BCUT2D eigenvalue weighted by molar-refractivity contribution is 6.00. The minimum Gasteiger partial charge on any atom is -0.305 e. The summed E-state index contributed by atoms with van der Waals surface area (Å²) >= 11 is 0. The van der Waals surface area contributed by atoms with Crippen molar-refractivity contribution in [3.05, 3.63) is 34.9 Å². The van der Waals surface area contributed by atoms with Crippen molar-refractivity contribution in [2.45, 2.75) is 58.5 Å². The maximum absolute atomic E-state index is 12.3. The highest BCUT2D eigenvalue weighted by atomic mass is 16.1. The average molecular weight is 245 g/mol. The number of fused-ring (bicyclic) bond motifs is 1. The van der Waals surface area contributed by atoms with Gasteiger partial charge in [-0.1, -0.05) is 26.0 Å². The molecule has 0 heterocycles. The van der Waals surface area contributed by atoms with Gasteiger partial charge in [-0.05, 0) is 49.8 Å². The molecule has 0 aromatic heterocycles. The van der Waals surface area contributed by atoms with Gasteiger partial charge in [0, 0.05) is 11.6 Å². The third-order valence-electron chi connectivity index (χ3n) is 3.61. The molecule has 2 rings (SSSR count). The van der Waals surface area contributed by atoms with Gasteiger partial charge in [-0.25, -0.2) is 0 Å². The molecular formula is C16H23NO. The topological polar surface area (TPSA) is 29.1 Å². The molecule has 0 amide bonds. The molecule has 1 aromatic rings. The summed E-state index contributed by atoms with van der Waals surface area (Å²) in [5, 5.41) is 3.27. The van der Waals surface area contributed by atoms with Gasteiger partial charge in [-0.15, -0.1) is 0 Å². The Hall–Kier alpha value is -1.15. The lowest BCUT2D eigenvalue weighted by atomic mass is 9.89. The minimum atomic E-state index is -0.105. The minimum absolute atomic E-state index is 0.105. The van der Waals surface area contributed by atoms with Gasteiger partial charge < -0.3 is 5.32 Å². The summed E-state index contributed by atoms with van der Waals surface area (Å²) < 4.78 is 0. The summed E-state index contributed by atoms with van der Waals surface area (Å²) in [6.45, 7) is 6.08. The van der Waals surface area contributed by atoms with Crippen LogP contribution in [0.5, 0.6) is 0 Å². The standard InChI is InChI=1S/C16H23NO/c1-11(2)17-12(3)16(18)15-9-8-13-6-4-5-7-14(13)10-15/h8-12,17H,4-7H2,1-3H3/t12-/m1/s1. The zero-order valence-electron chi connectivity index (χ0n) is 11.6. The number of Topliss-reactive ketones (excluding diaryl/α,β-unsaturated/α-hetero) is 1. The molecule has 0 unspecified atom stereocenters. The molecule has 18 heavy (non-hydrogen) atoms. The van der Waals surface area contributed by atoms with E-state index in [1.165, 1.54) is 30.4 Å². The molecule has 1 N–H and O–H groups in total. The van der Waals surface area contributed by atoms with E-state index in [2.05, 4.69) is 31.3 Å². The van der Waals surface area contributed by atoms with Gasteiger partial charge in [-0.2, -0.15) is 0 Å². The summed E-state index contributed by atoms with van der Waals surface area (Å²) in [6, 6.07) is 6.47. The van der Waals surface area contributed by atoms with Crippen molar-refractivity contribution >= 4 is 5.78 Å². The molecule has 0 bridgehead atoms. The van der Waals surface area contributed by atoms with Crippen molar-refractivity contribution in [1.29, 1.82) is 0 Å². The number of hydrogen-bond acceptors (Lipinski definition) is 2. The number of ketones is 1. The summed E-state index contributed by atoms with van der Waals surface area (Å²) in [5.74, 6) is 0.206. The first-order valence-electron chi connectivity index (χ1n) is 7.00. The first-order valence-corrected chi connectivity index (χ1v) is 7.00. The van der Waals surface area contributed by atoms with Crippen LogP contribution in [0.4, 0.5) is 0 Å². The number of hydrogen-bond donors (Lipinski definition) is 1. The summed E-state index contributed by atoms with van der Waals surface area (Å²) in [4.78, 5) is 12.3. The Kier molecular flexibility index (Phi) is 4.18. The van der Waals surface area contributed by atoms with Crippen molar-refractivity contribution in [2.24, 2.45) is 0 Å². The monoisotopic (exact) mass is 245 g/mol. The molecule has 1 atom stereocenters. The molecule has 0 saturated carbocycles. The maximum atomic E-state index is 12.3. The summed E-state index contributed by atoms with van der Waals surface area (Å²) in [5.41, 5.74) is 3.67. The second-order valence-corrected chi connectivity index (χ2v) is 5.60. The second-order valence-electron chi connectivity index (χ2n) is 5.60. The zero-order valence-corrected chi connectivity index (χ0v) is 11.6. The van der Waals surface area contributed by atoms with Crippen molar-refractivity contribution in [1.82, 2.24) is 5.32 Å². The summed E-state index contributed by atoms with van der Waals surface area (Å²) in [7, 11) is 0. The van der Waals surface area contributed by atoms with Crippen LogP contribution in [-0.2, 0) is 12.8 Å². The molecule has 0 saturated heterocycles. The predicted molar refractivity (Wildman–Crippen MR) is 75.1 cm³/mol. The van der Waals surface area contributed by atoms with Gasteiger partial charge in [0.15, 0.2) is 5.78 Å². The lowest BCUT2D eigenvalue weighted by Crippen LogP contribution is -2.38. The zero-order chi connectivity index (χ0) is 13.1. The average Bonchev–Trinajstić information content (AvgIpc) is 2.36. The number of carbonyl (C=O) groups is 1. The van der Waals surface area contributed by atoms with Crippen molar-refractivity contribution in [2.75, 3.05) is 0 Å². The number of carbonyl (C=O) groups excluding carboxylic acids is 1.